The SMILES string of the molecule is Cc1cccc(C(=O)N(C)C(C)C(=O)O)c1Cl. The highest BCUT2D eigenvalue weighted by Crippen LogP contribution is 2.22. The minimum absolute atomic E-state index is 0.322. The van der Waals surface area contributed by atoms with Gasteiger partial charge in [0.2, 0.25) is 0 Å². The van der Waals surface area contributed by atoms with E-state index in [1.165, 1.54) is 14.0 Å². The molecule has 5 heteroatoms. The number of hydrogen-bond donors (Lipinski definition) is 1. The summed E-state index contributed by atoms with van der Waals surface area (Å²) in [6.45, 7) is 3.24. The van der Waals surface area contributed by atoms with Crippen molar-refractivity contribution in [2.24, 2.45) is 0 Å². The van der Waals surface area contributed by atoms with Crippen molar-refractivity contribution in [3.8, 4) is 0 Å². The Bertz CT molecular complexity index is 459. The maximum absolute atomic E-state index is 12.0. The molecule has 1 atom stereocenters. The van der Waals surface area contributed by atoms with Gasteiger partial charge in [0.25, 0.3) is 5.91 Å². The summed E-state index contributed by atoms with van der Waals surface area (Å²) in [7, 11) is 1.44. The van der Waals surface area contributed by atoms with Crippen LogP contribution in [0.5, 0.6) is 0 Å². The van der Waals surface area contributed by atoms with Gasteiger partial charge in [0, 0.05) is 7.05 Å². The van der Waals surface area contributed by atoms with Gasteiger partial charge in [-0.05, 0) is 25.5 Å². The fourth-order valence-corrected chi connectivity index (χ4v) is 1.55. The Morgan fingerprint density at radius 3 is 2.53 bits per heavy atom. The van der Waals surface area contributed by atoms with Gasteiger partial charge in [0.05, 0.1) is 10.6 Å². The van der Waals surface area contributed by atoms with Gasteiger partial charge in [-0.15, -0.1) is 0 Å². The molecule has 1 N–H and O–H groups in total. The van der Waals surface area contributed by atoms with Crippen molar-refractivity contribution >= 4 is 23.5 Å². The lowest BCUT2D eigenvalue weighted by Crippen LogP contribution is -2.40. The van der Waals surface area contributed by atoms with E-state index < -0.39 is 17.9 Å². The minimum Gasteiger partial charge on any atom is -0.480 e. The first-order valence-corrected chi connectivity index (χ1v) is 5.49. The van der Waals surface area contributed by atoms with E-state index in [0.29, 0.717) is 10.6 Å². The van der Waals surface area contributed by atoms with Gasteiger partial charge in [-0.1, -0.05) is 23.7 Å². The van der Waals surface area contributed by atoms with Gasteiger partial charge in [-0.25, -0.2) is 4.79 Å². The van der Waals surface area contributed by atoms with Crippen molar-refractivity contribution in [2.75, 3.05) is 7.05 Å². The quantitative estimate of drug-likeness (QED) is 0.901. The number of carbonyl (C=O) groups excluding carboxylic acids is 1. The molecule has 0 spiro atoms. The summed E-state index contributed by atoms with van der Waals surface area (Å²) < 4.78 is 0. The molecule has 0 saturated carbocycles. The zero-order valence-corrected chi connectivity index (χ0v) is 10.7. The van der Waals surface area contributed by atoms with Gasteiger partial charge >= 0.3 is 5.97 Å². The van der Waals surface area contributed by atoms with Crippen LogP contribution in [0.4, 0.5) is 0 Å². The van der Waals surface area contributed by atoms with E-state index in [-0.39, 0.29) is 0 Å². The van der Waals surface area contributed by atoms with Crippen LogP contribution >= 0.6 is 11.6 Å². The average Bonchev–Trinajstić information content (AvgIpc) is 2.29. The molecule has 0 bridgehead atoms. The van der Waals surface area contributed by atoms with Crippen LogP contribution in [0.2, 0.25) is 5.02 Å². The maximum Gasteiger partial charge on any atom is 0.326 e. The van der Waals surface area contributed by atoms with E-state index in [9.17, 15) is 9.59 Å². The third-order valence-electron chi connectivity index (χ3n) is 2.68. The number of nitrogens with zero attached hydrogens (tertiary/aromatic N) is 1. The summed E-state index contributed by atoms with van der Waals surface area (Å²) in [5, 5.41) is 9.21. The fourth-order valence-electron chi connectivity index (χ4n) is 1.34. The summed E-state index contributed by atoms with van der Waals surface area (Å²) in [4.78, 5) is 24.0. The molecule has 0 aromatic heterocycles. The highest BCUT2D eigenvalue weighted by molar-refractivity contribution is 6.34. The molecule has 0 radical (unpaired) electrons. The first-order valence-electron chi connectivity index (χ1n) is 5.11. The standard InChI is InChI=1S/C12H14ClNO3/c1-7-5-4-6-9(10(7)13)11(15)14(3)8(2)12(16)17/h4-6,8H,1-3H3,(H,16,17). The molecule has 0 aliphatic heterocycles. The third kappa shape index (κ3) is 2.77. The molecule has 0 fully saturated rings. The Morgan fingerprint density at radius 1 is 1.41 bits per heavy atom. The van der Waals surface area contributed by atoms with E-state index in [4.69, 9.17) is 16.7 Å². The van der Waals surface area contributed by atoms with Crippen LogP contribution in [0.3, 0.4) is 0 Å². The Balaban J connectivity index is 3.05. The lowest BCUT2D eigenvalue weighted by molar-refractivity contribution is -0.141. The number of aliphatic carboxylic acids is 1. The van der Waals surface area contributed by atoms with Crippen LogP contribution in [0.25, 0.3) is 0 Å². The number of likely N-dealkylation sites (N-methyl/N-ethyl adjacent to an activating group) is 1. The molecule has 1 rings (SSSR count). The Kier molecular flexibility index (Phi) is 4.12. The zero-order chi connectivity index (χ0) is 13.2. The van der Waals surface area contributed by atoms with Crippen molar-refractivity contribution in [3.05, 3.63) is 34.3 Å². The predicted octanol–water partition coefficient (Wildman–Crippen LogP) is 2.19. The predicted molar refractivity (Wildman–Crippen MR) is 65.4 cm³/mol. The number of halogens is 1. The summed E-state index contributed by atoms with van der Waals surface area (Å²) in [6, 6.07) is 4.20. The number of benzene rings is 1. The Labute approximate surface area is 105 Å². The summed E-state index contributed by atoms with van der Waals surface area (Å²) in [6.07, 6.45) is 0. The first kappa shape index (κ1) is 13.5. The van der Waals surface area contributed by atoms with E-state index in [1.807, 2.05) is 0 Å². The molecular formula is C12H14ClNO3. The highest BCUT2D eigenvalue weighted by atomic mass is 35.5. The van der Waals surface area contributed by atoms with Gasteiger partial charge in [0.1, 0.15) is 6.04 Å². The van der Waals surface area contributed by atoms with Gasteiger partial charge in [-0.3, -0.25) is 4.79 Å². The number of amides is 1. The van der Waals surface area contributed by atoms with Crippen LogP contribution in [-0.4, -0.2) is 35.0 Å². The number of rotatable bonds is 3. The lowest BCUT2D eigenvalue weighted by atomic mass is 10.1. The molecule has 17 heavy (non-hydrogen) atoms. The molecule has 1 amide bonds. The molecule has 4 nitrogen and oxygen atoms in total. The molecule has 1 aromatic rings. The summed E-state index contributed by atoms with van der Waals surface area (Å²) in [5.74, 6) is -1.45. The second-order valence-electron chi connectivity index (χ2n) is 3.87. The Morgan fingerprint density at radius 2 is 2.00 bits per heavy atom. The summed E-state index contributed by atoms with van der Waals surface area (Å²) >= 11 is 6.02. The number of carboxylic acid groups (broad SMARTS) is 1. The second kappa shape index (κ2) is 5.19. The van der Waals surface area contributed by atoms with Crippen LogP contribution in [-0.2, 0) is 4.79 Å². The van der Waals surface area contributed by atoms with Crippen molar-refractivity contribution in [1.82, 2.24) is 4.90 Å². The molecular weight excluding hydrogens is 242 g/mol. The van der Waals surface area contributed by atoms with Crippen LogP contribution in [0.15, 0.2) is 18.2 Å². The zero-order valence-electron chi connectivity index (χ0n) is 9.90. The molecule has 92 valence electrons. The molecule has 1 aromatic carbocycles. The number of hydrogen-bond acceptors (Lipinski definition) is 2. The molecule has 0 aliphatic rings. The van der Waals surface area contributed by atoms with Crippen LogP contribution in [0.1, 0.15) is 22.8 Å². The van der Waals surface area contributed by atoms with Crippen molar-refractivity contribution in [3.63, 3.8) is 0 Å². The first-order chi connectivity index (χ1) is 7.86. The van der Waals surface area contributed by atoms with Crippen LogP contribution < -0.4 is 0 Å². The maximum atomic E-state index is 12.0. The van der Waals surface area contributed by atoms with Gasteiger partial charge in [0.15, 0.2) is 0 Å². The van der Waals surface area contributed by atoms with E-state index in [1.54, 1.807) is 25.1 Å². The number of aryl methyl sites for hydroxylation is 1. The normalized spacial score (nSPS) is 12.0. The number of carboxylic acids is 1. The van der Waals surface area contributed by atoms with E-state index in [0.717, 1.165) is 10.5 Å². The highest BCUT2D eigenvalue weighted by Gasteiger charge is 2.24. The monoisotopic (exact) mass is 255 g/mol. The van der Waals surface area contributed by atoms with Crippen LogP contribution in [0, 0.1) is 6.92 Å². The van der Waals surface area contributed by atoms with Gasteiger partial charge in [-0.2, -0.15) is 0 Å². The molecule has 1 unspecified atom stereocenters. The van der Waals surface area contributed by atoms with Crippen molar-refractivity contribution in [2.45, 2.75) is 19.9 Å². The van der Waals surface area contributed by atoms with E-state index >= 15 is 0 Å². The minimum atomic E-state index is -1.05. The third-order valence-corrected chi connectivity index (χ3v) is 3.18. The summed E-state index contributed by atoms with van der Waals surface area (Å²) in [5.41, 5.74) is 1.11. The number of carbonyl (C=O) groups is 2. The van der Waals surface area contributed by atoms with Crippen molar-refractivity contribution < 1.29 is 14.7 Å². The topological polar surface area (TPSA) is 57.6 Å². The second-order valence-corrected chi connectivity index (χ2v) is 4.24. The molecule has 0 saturated heterocycles. The van der Waals surface area contributed by atoms with Gasteiger partial charge < -0.3 is 10.0 Å². The smallest absolute Gasteiger partial charge is 0.326 e. The Hall–Kier alpha value is -1.55. The average molecular weight is 256 g/mol. The van der Waals surface area contributed by atoms with Crippen molar-refractivity contribution in [1.29, 1.82) is 0 Å². The molecule has 0 heterocycles. The molecule has 0 aliphatic carbocycles. The fraction of sp³-hybridized carbons (Fsp3) is 0.333. The largest absolute Gasteiger partial charge is 0.480 e. The lowest BCUT2D eigenvalue weighted by Gasteiger charge is -2.22. The van der Waals surface area contributed by atoms with E-state index in [2.05, 4.69) is 0 Å².